The van der Waals surface area contributed by atoms with Crippen molar-refractivity contribution < 1.29 is 13.9 Å². The summed E-state index contributed by atoms with van der Waals surface area (Å²) in [7, 11) is 0. The van der Waals surface area contributed by atoms with E-state index in [1.165, 1.54) is 12.1 Å². The minimum absolute atomic E-state index is 0.0875. The van der Waals surface area contributed by atoms with E-state index in [4.69, 9.17) is 4.74 Å². The topological polar surface area (TPSA) is 38.3 Å². The van der Waals surface area contributed by atoms with E-state index >= 15 is 0 Å². The number of ether oxygens (including phenoxy) is 1. The van der Waals surface area contributed by atoms with Crippen molar-refractivity contribution in [1.82, 2.24) is 0 Å². The van der Waals surface area contributed by atoms with Crippen molar-refractivity contribution in [3.05, 3.63) is 59.9 Å². The van der Waals surface area contributed by atoms with E-state index in [0.29, 0.717) is 25.1 Å². The van der Waals surface area contributed by atoms with Crippen LogP contribution in [0.4, 0.5) is 10.1 Å². The highest BCUT2D eigenvalue weighted by Crippen LogP contribution is 2.14. The maximum atomic E-state index is 12.8. The first-order valence-electron chi connectivity index (χ1n) is 6.94. The fourth-order valence-electron chi connectivity index (χ4n) is 1.93. The molecule has 0 aliphatic rings. The number of rotatable bonds is 6. The highest BCUT2D eigenvalue weighted by Gasteiger charge is 2.04. The molecule has 110 valence electrons. The molecule has 0 aliphatic heterocycles. The van der Waals surface area contributed by atoms with E-state index in [9.17, 15) is 9.18 Å². The average Bonchev–Trinajstić information content (AvgIpc) is 2.49. The summed E-state index contributed by atoms with van der Waals surface area (Å²) in [6.45, 7) is 2.58. The summed E-state index contributed by atoms with van der Waals surface area (Å²) in [6.07, 6.45) is 1.03. The van der Waals surface area contributed by atoms with Gasteiger partial charge in [-0.1, -0.05) is 12.1 Å². The van der Waals surface area contributed by atoms with E-state index < -0.39 is 0 Å². The number of nitrogens with one attached hydrogen (secondary N) is 1. The predicted octanol–water partition coefficient (Wildman–Crippen LogP) is 3.80. The van der Waals surface area contributed by atoms with Crippen molar-refractivity contribution in [2.24, 2.45) is 0 Å². The molecule has 0 aromatic heterocycles. The molecule has 2 aromatic rings. The van der Waals surface area contributed by atoms with Gasteiger partial charge in [-0.05, 0) is 55.3 Å². The molecule has 2 rings (SSSR count). The number of hydrogen-bond donors (Lipinski definition) is 1. The van der Waals surface area contributed by atoms with Gasteiger partial charge >= 0.3 is 0 Å². The summed E-state index contributed by atoms with van der Waals surface area (Å²) in [4.78, 5) is 11.8. The number of amides is 1. The second-order valence-corrected chi connectivity index (χ2v) is 4.63. The van der Waals surface area contributed by atoms with Crippen LogP contribution in [0.15, 0.2) is 48.5 Å². The first-order valence-corrected chi connectivity index (χ1v) is 6.94. The van der Waals surface area contributed by atoms with Gasteiger partial charge in [0.25, 0.3) is 0 Å². The van der Waals surface area contributed by atoms with Gasteiger partial charge in [0.1, 0.15) is 11.6 Å². The van der Waals surface area contributed by atoms with Crippen LogP contribution in [0.25, 0.3) is 0 Å². The van der Waals surface area contributed by atoms with E-state index in [-0.39, 0.29) is 11.7 Å². The molecule has 0 aliphatic carbocycles. The van der Waals surface area contributed by atoms with Gasteiger partial charge in [-0.3, -0.25) is 4.79 Å². The monoisotopic (exact) mass is 287 g/mol. The maximum Gasteiger partial charge on any atom is 0.224 e. The lowest BCUT2D eigenvalue weighted by molar-refractivity contribution is -0.116. The smallest absolute Gasteiger partial charge is 0.224 e. The van der Waals surface area contributed by atoms with E-state index in [0.717, 1.165) is 11.3 Å². The Morgan fingerprint density at radius 3 is 2.38 bits per heavy atom. The Labute approximate surface area is 123 Å². The summed E-state index contributed by atoms with van der Waals surface area (Å²) >= 11 is 0. The first kappa shape index (κ1) is 15.0. The van der Waals surface area contributed by atoms with Crippen LogP contribution in [0.1, 0.15) is 18.9 Å². The Bertz CT molecular complexity index is 579. The number of carbonyl (C=O) groups is 1. The third kappa shape index (κ3) is 4.91. The fraction of sp³-hybridized carbons (Fsp3) is 0.235. The van der Waals surface area contributed by atoms with Crippen LogP contribution in [0.2, 0.25) is 0 Å². The highest BCUT2D eigenvalue weighted by atomic mass is 19.1. The molecule has 0 bridgehead atoms. The lowest BCUT2D eigenvalue weighted by Crippen LogP contribution is -2.12. The molecule has 0 heterocycles. The normalized spacial score (nSPS) is 10.2. The Kier molecular flexibility index (Phi) is 5.32. The van der Waals surface area contributed by atoms with Gasteiger partial charge in [-0.15, -0.1) is 0 Å². The lowest BCUT2D eigenvalue weighted by atomic mass is 10.1. The second kappa shape index (κ2) is 7.43. The van der Waals surface area contributed by atoms with Crippen molar-refractivity contribution in [1.29, 1.82) is 0 Å². The molecule has 0 atom stereocenters. The number of carbonyl (C=O) groups excluding carboxylic acids is 1. The zero-order chi connectivity index (χ0) is 15.1. The minimum Gasteiger partial charge on any atom is -0.494 e. The standard InChI is InChI=1S/C17H18FNO2/c1-2-21-16-10-3-13(4-11-16)5-12-17(20)19-15-8-6-14(18)7-9-15/h3-4,6-11H,2,5,12H2,1H3,(H,19,20). The number of halogens is 1. The van der Waals surface area contributed by atoms with Crippen LogP contribution in [0.5, 0.6) is 5.75 Å². The third-order valence-corrected chi connectivity index (χ3v) is 3.00. The molecule has 0 saturated heterocycles. The Balaban J connectivity index is 1.81. The Hall–Kier alpha value is -2.36. The maximum absolute atomic E-state index is 12.8. The highest BCUT2D eigenvalue weighted by molar-refractivity contribution is 5.90. The third-order valence-electron chi connectivity index (χ3n) is 3.00. The molecule has 0 radical (unpaired) electrons. The van der Waals surface area contributed by atoms with Gasteiger partial charge in [0.2, 0.25) is 5.91 Å². The largest absolute Gasteiger partial charge is 0.494 e. The fourth-order valence-corrected chi connectivity index (χ4v) is 1.93. The first-order chi connectivity index (χ1) is 10.2. The second-order valence-electron chi connectivity index (χ2n) is 4.63. The minimum atomic E-state index is -0.317. The number of aryl methyl sites for hydroxylation is 1. The Morgan fingerprint density at radius 1 is 1.10 bits per heavy atom. The van der Waals surface area contributed by atoms with Gasteiger partial charge < -0.3 is 10.1 Å². The predicted molar refractivity (Wildman–Crippen MR) is 81.0 cm³/mol. The van der Waals surface area contributed by atoms with Gasteiger partial charge in [0.15, 0.2) is 0 Å². The van der Waals surface area contributed by atoms with Crippen molar-refractivity contribution in [2.75, 3.05) is 11.9 Å². The molecular formula is C17H18FNO2. The molecule has 4 heteroatoms. The van der Waals surface area contributed by atoms with E-state index in [1.807, 2.05) is 31.2 Å². The van der Waals surface area contributed by atoms with Crippen LogP contribution in [-0.4, -0.2) is 12.5 Å². The molecular weight excluding hydrogens is 269 g/mol. The molecule has 3 nitrogen and oxygen atoms in total. The zero-order valence-corrected chi connectivity index (χ0v) is 11.9. The number of benzene rings is 2. The van der Waals surface area contributed by atoms with Crippen LogP contribution in [0, 0.1) is 5.82 Å². The van der Waals surface area contributed by atoms with Gasteiger partial charge in [0.05, 0.1) is 6.61 Å². The quantitative estimate of drug-likeness (QED) is 0.877. The van der Waals surface area contributed by atoms with Gasteiger partial charge in [-0.25, -0.2) is 4.39 Å². The van der Waals surface area contributed by atoms with Crippen LogP contribution < -0.4 is 10.1 Å². The summed E-state index contributed by atoms with van der Waals surface area (Å²) in [5.41, 5.74) is 1.68. The molecule has 0 spiro atoms. The van der Waals surface area contributed by atoms with Crippen molar-refractivity contribution in [3.8, 4) is 5.75 Å². The molecule has 21 heavy (non-hydrogen) atoms. The van der Waals surface area contributed by atoms with Crippen molar-refractivity contribution in [2.45, 2.75) is 19.8 Å². The summed E-state index contributed by atoms with van der Waals surface area (Å²) in [5, 5.41) is 2.74. The summed E-state index contributed by atoms with van der Waals surface area (Å²) in [5.74, 6) is 0.426. The molecule has 0 saturated carbocycles. The molecule has 1 N–H and O–H groups in total. The van der Waals surface area contributed by atoms with Crippen LogP contribution in [0.3, 0.4) is 0 Å². The molecule has 1 amide bonds. The zero-order valence-electron chi connectivity index (χ0n) is 11.9. The van der Waals surface area contributed by atoms with Crippen LogP contribution >= 0.6 is 0 Å². The number of anilines is 1. The molecule has 0 unspecified atom stereocenters. The Morgan fingerprint density at radius 2 is 1.76 bits per heavy atom. The van der Waals surface area contributed by atoms with E-state index in [2.05, 4.69) is 5.32 Å². The van der Waals surface area contributed by atoms with Crippen LogP contribution in [-0.2, 0) is 11.2 Å². The summed E-state index contributed by atoms with van der Waals surface area (Å²) in [6, 6.07) is 13.4. The van der Waals surface area contributed by atoms with E-state index in [1.54, 1.807) is 12.1 Å². The van der Waals surface area contributed by atoms with Gasteiger partial charge in [0, 0.05) is 12.1 Å². The van der Waals surface area contributed by atoms with Crippen molar-refractivity contribution in [3.63, 3.8) is 0 Å². The SMILES string of the molecule is CCOc1ccc(CCC(=O)Nc2ccc(F)cc2)cc1. The molecule has 2 aromatic carbocycles. The lowest BCUT2D eigenvalue weighted by Gasteiger charge is -2.06. The van der Waals surface area contributed by atoms with Crippen molar-refractivity contribution >= 4 is 11.6 Å². The summed E-state index contributed by atoms with van der Waals surface area (Å²) < 4.78 is 18.1. The van der Waals surface area contributed by atoms with Gasteiger partial charge in [-0.2, -0.15) is 0 Å². The average molecular weight is 287 g/mol. The molecule has 0 fully saturated rings. The number of hydrogen-bond acceptors (Lipinski definition) is 2.